The van der Waals surface area contributed by atoms with E-state index in [4.69, 9.17) is 5.26 Å². The molecule has 1 aromatic rings. The number of pyridine rings is 1. The van der Waals surface area contributed by atoms with Gasteiger partial charge in [-0.3, -0.25) is 9.78 Å². The third-order valence-corrected chi connectivity index (χ3v) is 2.23. The van der Waals surface area contributed by atoms with Crippen LogP contribution in [0.3, 0.4) is 0 Å². The Balaban J connectivity index is 2.80. The fourth-order valence-electron chi connectivity index (χ4n) is 1.40. The van der Waals surface area contributed by atoms with Crippen molar-refractivity contribution in [2.75, 3.05) is 6.54 Å². The first-order valence-electron chi connectivity index (χ1n) is 5.25. The van der Waals surface area contributed by atoms with Gasteiger partial charge in [0.25, 0.3) is 5.91 Å². The smallest absolute Gasteiger partial charge is 0.272 e. The maximum Gasteiger partial charge on any atom is 0.272 e. The van der Waals surface area contributed by atoms with E-state index < -0.39 is 0 Å². The lowest BCUT2D eigenvalue weighted by atomic mass is 10.2. The molecular formula is C12H15N3O. The van der Waals surface area contributed by atoms with Gasteiger partial charge in [-0.1, -0.05) is 6.07 Å². The fraction of sp³-hybridized carbons (Fsp3) is 0.417. The van der Waals surface area contributed by atoms with E-state index >= 15 is 0 Å². The first-order valence-corrected chi connectivity index (χ1v) is 5.25. The summed E-state index contributed by atoms with van der Waals surface area (Å²) in [6, 6.07) is 7.35. The van der Waals surface area contributed by atoms with Crippen molar-refractivity contribution in [3.63, 3.8) is 0 Å². The van der Waals surface area contributed by atoms with Crippen LogP contribution in [0.15, 0.2) is 24.4 Å². The van der Waals surface area contributed by atoms with Crippen molar-refractivity contribution in [1.29, 1.82) is 5.26 Å². The zero-order valence-electron chi connectivity index (χ0n) is 9.55. The number of nitriles is 1. The summed E-state index contributed by atoms with van der Waals surface area (Å²) in [5.41, 5.74) is 0.425. The van der Waals surface area contributed by atoms with Gasteiger partial charge in [0.05, 0.1) is 12.5 Å². The van der Waals surface area contributed by atoms with E-state index in [1.165, 1.54) is 0 Å². The summed E-state index contributed by atoms with van der Waals surface area (Å²) in [6.45, 7) is 4.31. The minimum Gasteiger partial charge on any atom is -0.334 e. The molecule has 0 unspecified atom stereocenters. The molecule has 0 atom stereocenters. The van der Waals surface area contributed by atoms with Crippen molar-refractivity contribution in [1.82, 2.24) is 9.88 Å². The summed E-state index contributed by atoms with van der Waals surface area (Å²) in [4.78, 5) is 17.7. The van der Waals surface area contributed by atoms with Gasteiger partial charge in [-0.25, -0.2) is 0 Å². The summed E-state index contributed by atoms with van der Waals surface area (Å²) >= 11 is 0. The molecule has 0 aliphatic carbocycles. The molecule has 0 saturated heterocycles. The molecule has 0 radical (unpaired) electrons. The van der Waals surface area contributed by atoms with Crippen LogP contribution in [-0.4, -0.2) is 28.4 Å². The molecule has 4 nitrogen and oxygen atoms in total. The van der Waals surface area contributed by atoms with Crippen molar-refractivity contribution in [3.8, 4) is 6.07 Å². The summed E-state index contributed by atoms with van der Waals surface area (Å²) in [5, 5.41) is 8.55. The lowest BCUT2D eigenvalue weighted by Crippen LogP contribution is -2.38. The minimum atomic E-state index is -0.120. The predicted molar refractivity (Wildman–Crippen MR) is 60.6 cm³/mol. The fourth-order valence-corrected chi connectivity index (χ4v) is 1.40. The van der Waals surface area contributed by atoms with Crippen LogP contribution in [0.4, 0.5) is 0 Å². The van der Waals surface area contributed by atoms with Crippen molar-refractivity contribution >= 4 is 5.91 Å². The number of hydrogen-bond acceptors (Lipinski definition) is 3. The van der Waals surface area contributed by atoms with Gasteiger partial charge < -0.3 is 4.90 Å². The molecule has 16 heavy (non-hydrogen) atoms. The molecule has 1 amide bonds. The van der Waals surface area contributed by atoms with Crippen LogP contribution in [-0.2, 0) is 0 Å². The van der Waals surface area contributed by atoms with Crippen molar-refractivity contribution in [2.24, 2.45) is 0 Å². The minimum absolute atomic E-state index is 0.0721. The number of rotatable bonds is 4. The first-order chi connectivity index (χ1) is 7.66. The van der Waals surface area contributed by atoms with Gasteiger partial charge in [0.15, 0.2) is 0 Å². The van der Waals surface area contributed by atoms with Gasteiger partial charge in [0.2, 0.25) is 0 Å². The zero-order chi connectivity index (χ0) is 12.0. The monoisotopic (exact) mass is 217 g/mol. The highest BCUT2D eigenvalue weighted by Gasteiger charge is 2.18. The molecule has 0 spiro atoms. The normalized spacial score (nSPS) is 9.88. The Hall–Kier alpha value is -1.89. The van der Waals surface area contributed by atoms with Gasteiger partial charge in [-0.15, -0.1) is 0 Å². The van der Waals surface area contributed by atoms with E-state index in [-0.39, 0.29) is 11.9 Å². The maximum absolute atomic E-state index is 12.0. The molecular weight excluding hydrogens is 202 g/mol. The molecule has 1 heterocycles. The standard InChI is InChI=1S/C12H15N3O/c1-10(2)15(9-5-7-13)12(16)11-6-3-4-8-14-11/h3-4,6,8,10H,5,9H2,1-2H3. The second-order valence-electron chi connectivity index (χ2n) is 3.72. The van der Waals surface area contributed by atoms with Crippen molar-refractivity contribution in [3.05, 3.63) is 30.1 Å². The average molecular weight is 217 g/mol. The van der Waals surface area contributed by atoms with E-state index in [1.54, 1.807) is 29.3 Å². The van der Waals surface area contributed by atoms with Crippen LogP contribution >= 0.6 is 0 Å². The molecule has 0 bridgehead atoms. The van der Waals surface area contributed by atoms with E-state index in [9.17, 15) is 4.79 Å². The number of aromatic nitrogens is 1. The Morgan fingerprint density at radius 2 is 2.31 bits per heavy atom. The number of carbonyl (C=O) groups excluding carboxylic acids is 1. The third kappa shape index (κ3) is 3.06. The molecule has 0 aliphatic rings. The highest BCUT2D eigenvalue weighted by molar-refractivity contribution is 5.92. The van der Waals surface area contributed by atoms with Gasteiger partial charge in [-0.05, 0) is 26.0 Å². The van der Waals surface area contributed by atoms with Crippen LogP contribution in [0.2, 0.25) is 0 Å². The maximum atomic E-state index is 12.0. The largest absolute Gasteiger partial charge is 0.334 e. The number of hydrogen-bond donors (Lipinski definition) is 0. The molecule has 84 valence electrons. The van der Waals surface area contributed by atoms with E-state index in [0.717, 1.165) is 0 Å². The zero-order valence-corrected chi connectivity index (χ0v) is 9.55. The first kappa shape index (κ1) is 12.2. The number of nitrogens with zero attached hydrogens (tertiary/aromatic N) is 3. The summed E-state index contributed by atoms with van der Waals surface area (Å²) in [7, 11) is 0. The van der Waals surface area contributed by atoms with Crippen LogP contribution < -0.4 is 0 Å². The van der Waals surface area contributed by atoms with Crippen LogP contribution in [0, 0.1) is 11.3 Å². The second kappa shape index (κ2) is 5.86. The Kier molecular flexibility index (Phi) is 4.46. The Labute approximate surface area is 95.5 Å². The predicted octanol–water partition coefficient (Wildman–Crippen LogP) is 1.85. The third-order valence-electron chi connectivity index (χ3n) is 2.23. The molecule has 0 N–H and O–H groups in total. The molecule has 1 aromatic heterocycles. The van der Waals surface area contributed by atoms with Gasteiger partial charge in [0, 0.05) is 18.8 Å². The van der Waals surface area contributed by atoms with Crippen LogP contribution in [0.1, 0.15) is 30.8 Å². The number of carbonyl (C=O) groups is 1. The van der Waals surface area contributed by atoms with Crippen LogP contribution in [0.25, 0.3) is 0 Å². The summed E-state index contributed by atoms with van der Waals surface area (Å²) in [5.74, 6) is -0.120. The number of amides is 1. The summed E-state index contributed by atoms with van der Waals surface area (Å²) in [6.07, 6.45) is 1.94. The molecule has 0 fully saturated rings. The van der Waals surface area contributed by atoms with Gasteiger partial charge in [0.1, 0.15) is 5.69 Å². The molecule has 0 aliphatic heterocycles. The van der Waals surface area contributed by atoms with E-state index in [2.05, 4.69) is 4.98 Å². The van der Waals surface area contributed by atoms with Crippen molar-refractivity contribution in [2.45, 2.75) is 26.3 Å². The van der Waals surface area contributed by atoms with Gasteiger partial charge in [-0.2, -0.15) is 5.26 Å². The van der Waals surface area contributed by atoms with Crippen molar-refractivity contribution < 1.29 is 4.79 Å². The second-order valence-corrected chi connectivity index (χ2v) is 3.72. The Morgan fingerprint density at radius 1 is 1.56 bits per heavy atom. The van der Waals surface area contributed by atoms with Crippen LogP contribution in [0.5, 0.6) is 0 Å². The molecule has 1 rings (SSSR count). The molecule has 0 aromatic carbocycles. The van der Waals surface area contributed by atoms with E-state index in [0.29, 0.717) is 18.7 Å². The topological polar surface area (TPSA) is 57.0 Å². The average Bonchev–Trinajstić information content (AvgIpc) is 2.30. The summed E-state index contributed by atoms with van der Waals surface area (Å²) < 4.78 is 0. The molecule has 4 heteroatoms. The lowest BCUT2D eigenvalue weighted by molar-refractivity contribution is 0.0704. The lowest BCUT2D eigenvalue weighted by Gasteiger charge is -2.25. The van der Waals surface area contributed by atoms with Gasteiger partial charge >= 0.3 is 0 Å². The highest BCUT2D eigenvalue weighted by atomic mass is 16.2. The highest BCUT2D eigenvalue weighted by Crippen LogP contribution is 2.06. The Morgan fingerprint density at radius 3 is 2.81 bits per heavy atom. The van der Waals surface area contributed by atoms with E-state index in [1.807, 2.05) is 19.9 Å². The molecule has 0 saturated carbocycles. The Bertz CT molecular complexity index is 381. The quantitative estimate of drug-likeness (QED) is 0.773. The SMILES string of the molecule is CC(C)N(CCC#N)C(=O)c1ccccn1.